The zero-order valence-electron chi connectivity index (χ0n) is 76.8. The van der Waals surface area contributed by atoms with Crippen LogP contribution >= 0.6 is 35.3 Å². The van der Waals surface area contributed by atoms with Gasteiger partial charge in [-0.15, -0.1) is 0 Å². The van der Waals surface area contributed by atoms with Crippen molar-refractivity contribution in [3.63, 3.8) is 0 Å². The summed E-state index contributed by atoms with van der Waals surface area (Å²) in [5.41, 5.74) is 21.0. The molecule has 22 rings (SSSR count). The van der Waals surface area contributed by atoms with Gasteiger partial charge in [-0.05, 0) is 175 Å². The standard InChI is InChI=1S/2C27H24N6O3S2.C17H13N5O2S.C10H13NO2S.2C9H12N2O2S.CH4/c2*34-26(12-19-16-32(17-19)38(35,36)23-8-2-1-3-9-23)20-6-4-7-22(13-20)37-27-15-21(30-31-27)14-24-25-10-5-11-33(25)29-18-28-24;23-17(24)11-3-1-4-13(7-11)25-16-9-12(20-21-16)8-14-15-5-2-6-22(15)19-10-18-14;1-9-7-11(8-9)14(12,13)10-5-3-2-4-6-10;2*10-8-6-11(7-8)14(12,13)9-4-2-1-3-5-9;/h2*1-11,13,15,18-19H,12,14,16-17H2,(H,30,31);1-7,9-10H,8H2,(H,20,21)(H,23,24);2-6,9H,7-8H2,1H3;2*1-5,8H,6-7,10H2;1H4. The van der Waals surface area contributed by atoms with Gasteiger partial charge in [0.15, 0.2) is 11.6 Å². The molecule has 144 heavy (non-hydrogen) atoms. The van der Waals surface area contributed by atoms with Gasteiger partial charge in [-0.2, -0.15) is 52.1 Å². The Kier molecular flexibility index (Phi) is 33.1. The van der Waals surface area contributed by atoms with Gasteiger partial charge in [0.25, 0.3) is 0 Å². The number of nitrogens with one attached hydrogen (secondary N) is 3. The number of nitrogens with zero attached hydrogens (tertiary/aromatic N) is 17. The summed E-state index contributed by atoms with van der Waals surface area (Å²) in [4.78, 5) is 54.4. The highest BCUT2D eigenvalue weighted by Gasteiger charge is 2.41. The van der Waals surface area contributed by atoms with Gasteiger partial charge >= 0.3 is 5.97 Å². The zero-order valence-corrected chi connectivity index (χ0v) is 83.3. The molecule has 5 saturated heterocycles. The number of aromatic carboxylic acids is 1. The van der Waals surface area contributed by atoms with Crippen molar-refractivity contribution >= 4 is 119 Å². The maximum Gasteiger partial charge on any atom is 0.335 e. The number of nitrogens with two attached hydrogens (primary N) is 2. The van der Waals surface area contributed by atoms with E-state index in [1.165, 1.54) is 63.1 Å². The molecule has 744 valence electrons. The Hall–Kier alpha value is -13.4. The van der Waals surface area contributed by atoms with Crippen LogP contribution in [0.25, 0.3) is 16.6 Å². The van der Waals surface area contributed by atoms with Crippen LogP contribution in [0.2, 0.25) is 0 Å². The number of fused-ring (bicyclic) bond motifs is 3. The molecule has 0 radical (unpaired) electrons. The van der Waals surface area contributed by atoms with E-state index in [2.05, 4.69) is 67.8 Å². The number of Topliss-reactive ketones (excluding diaryl/α,β-unsaturated/α-hetero) is 2. The first kappa shape index (κ1) is 103. The first-order valence-electron chi connectivity index (χ1n) is 45.3. The second-order valence-corrected chi connectivity index (χ2v) is 47.3. The van der Waals surface area contributed by atoms with E-state index in [1.807, 2.05) is 122 Å². The molecule has 0 saturated carbocycles. The maximum absolute atomic E-state index is 13.0. The lowest BCUT2D eigenvalue weighted by molar-refractivity contribution is 0.0695. The van der Waals surface area contributed by atoms with Crippen LogP contribution in [0.4, 0.5) is 0 Å². The molecule has 0 amide bonds. The summed E-state index contributed by atoms with van der Waals surface area (Å²) in [6.45, 7) is 6.49. The molecule has 0 spiro atoms. The number of carbonyl (C=O) groups excluding carboxylic acids is 2. The van der Waals surface area contributed by atoms with Crippen molar-refractivity contribution in [2.75, 3.05) is 65.4 Å². The second kappa shape index (κ2) is 46.1. The average molecular weight is 2090 g/mol. The molecular formula is C100H102N22O14S8. The van der Waals surface area contributed by atoms with E-state index >= 15 is 0 Å². The Morgan fingerprint density at radius 1 is 0.340 bits per heavy atom. The predicted molar refractivity (Wildman–Crippen MR) is 545 cm³/mol. The minimum atomic E-state index is -3.50. The Morgan fingerprint density at radius 2 is 0.604 bits per heavy atom. The summed E-state index contributed by atoms with van der Waals surface area (Å²) < 4.78 is 134. The van der Waals surface area contributed by atoms with Crippen molar-refractivity contribution in [1.82, 2.24) is 95.9 Å². The summed E-state index contributed by atoms with van der Waals surface area (Å²) >= 11 is 4.36. The fourth-order valence-corrected chi connectivity index (χ4v) is 26.7. The molecule has 14 heterocycles. The molecule has 0 atom stereocenters. The van der Waals surface area contributed by atoms with Crippen molar-refractivity contribution < 1.29 is 61.6 Å². The van der Waals surface area contributed by atoms with Gasteiger partial charge < -0.3 is 16.6 Å². The van der Waals surface area contributed by atoms with E-state index in [1.54, 1.807) is 202 Å². The van der Waals surface area contributed by atoms with E-state index in [4.69, 9.17) is 16.6 Å². The molecule has 0 bridgehead atoms. The molecule has 36 nitrogen and oxygen atoms in total. The summed E-state index contributed by atoms with van der Waals surface area (Å²) in [6, 6.07) is 81.6. The Bertz CT molecular complexity index is 7490. The SMILES string of the molecule is C.CC1CN(S(=O)(=O)c2ccccc2)C1.NC1CN(S(=O)(=O)c2ccccc2)C1.NC1CN(S(=O)(=O)c2ccccc2)C1.O=C(CC1CN(S(=O)(=O)c2ccccc2)C1)c1cccc(Sc2cc(Cc3ncnn4cccc34)[nH]n2)c1.O=C(CC1CN(S(=O)(=O)c2ccccc2)C1)c1cccc(Sc2cc(Cc3ncnn4cccc34)[nH]n2)c1.O=C(O)c1cccc(Sc2cc(Cc3ncnn4cccc34)[nH]n2)c1. The molecule has 5 aliphatic heterocycles. The van der Waals surface area contributed by atoms with Crippen LogP contribution in [-0.4, -0.2) is 238 Å². The summed E-state index contributed by atoms with van der Waals surface area (Å²) in [5, 5.41) is 46.3. The lowest BCUT2D eigenvalue weighted by atomic mass is 9.94. The molecule has 17 aromatic rings. The van der Waals surface area contributed by atoms with Crippen LogP contribution in [0.3, 0.4) is 0 Å². The molecule has 8 aromatic carbocycles. The summed E-state index contributed by atoms with van der Waals surface area (Å²) in [7, 11) is -16.8. The molecule has 44 heteroatoms. The number of carboxylic acid groups (broad SMARTS) is 1. The number of sulfonamides is 5. The first-order chi connectivity index (χ1) is 68.9. The Balaban J connectivity index is 0.000000130. The highest BCUT2D eigenvalue weighted by Crippen LogP contribution is 2.36. The Labute approximate surface area is 845 Å². The van der Waals surface area contributed by atoms with Crippen LogP contribution in [-0.2, 0) is 69.4 Å². The van der Waals surface area contributed by atoms with Gasteiger partial charge in [0.1, 0.15) is 34.1 Å². The van der Waals surface area contributed by atoms with Gasteiger partial charge in [0, 0.05) is 171 Å². The summed E-state index contributed by atoms with van der Waals surface area (Å²) in [5.74, 6) is -0.396. The maximum atomic E-state index is 13.0. The topological polar surface area (TPSA) is 487 Å². The van der Waals surface area contributed by atoms with E-state index in [-0.39, 0.29) is 58.3 Å². The molecular weight excluding hydrogens is 1990 g/mol. The molecule has 5 fully saturated rings. The minimum Gasteiger partial charge on any atom is -0.478 e. The largest absolute Gasteiger partial charge is 0.478 e. The minimum absolute atomic E-state index is 0. The van der Waals surface area contributed by atoms with Crippen molar-refractivity contribution in [1.29, 1.82) is 0 Å². The van der Waals surface area contributed by atoms with Crippen molar-refractivity contribution in [3.05, 3.63) is 367 Å². The number of carboxylic acids is 1. The number of carbonyl (C=O) groups is 3. The predicted octanol–water partition coefficient (Wildman–Crippen LogP) is 13.1. The number of H-pyrrole nitrogens is 3. The molecule has 5 aliphatic rings. The van der Waals surface area contributed by atoms with E-state index in [9.17, 15) is 56.5 Å². The number of aromatic nitrogens is 15. The van der Waals surface area contributed by atoms with Crippen molar-refractivity contribution in [2.45, 2.75) is 113 Å². The van der Waals surface area contributed by atoms with Crippen LogP contribution in [0.5, 0.6) is 0 Å². The second-order valence-electron chi connectivity index (χ2n) is 34.3. The number of hydrogen-bond donors (Lipinski definition) is 6. The van der Waals surface area contributed by atoms with E-state index in [0.717, 1.165) is 80.5 Å². The monoisotopic (exact) mass is 2090 g/mol. The smallest absolute Gasteiger partial charge is 0.335 e. The fraction of sp³-hybridized carbons (Fsp3) is 0.220. The van der Waals surface area contributed by atoms with Gasteiger partial charge in [-0.3, -0.25) is 24.9 Å². The Morgan fingerprint density at radius 3 is 0.875 bits per heavy atom. The molecule has 8 N–H and O–H groups in total. The zero-order chi connectivity index (χ0) is 100.0. The van der Waals surface area contributed by atoms with Crippen LogP contribution in [0.1, 0.15) is 92.4 Å². The highest BCUT2D eigenvalue weighted by atomic mass is 32.2. The highest BCUT2D eigenvalue weighted by molar-refractivity contribution is 7.99. The van der Waals surface area contributed by atoms with Crippen molar-refractivity contribution in [2.24, 2.45) is 29.2 Å². The normalized spacial score (nSPS) is 15.2. The van der Waals surface area contributed by atoms with Gasteiger partial charge in [-0.1, -0.05) is 171 Å². The summed E-state index contributed by atoms with van der Waals surface area (Å²) in [6.07, 6.45) is 12.7. The van der Waals surface area contributed by atoms with Gasteiger partial charge in [0.05, 0.1) is 63.7 Å². The van der Waals surface area contributed by atoms with E-state index < -0.39 is 56.1 Å². The molecule has 0 unspecified atom stereocenters. The number of rotatable bonds is 29. The van der Waals surface area contributed by atoms with E-state index in [0.29, 0.717) is 129 Å². The number of aromatic amines is 3. The first-order valence-corrected chi connectivity index (χ1v) is 54.9. The number of ketones is 2. The van der Waals surface area contributed by atoms with Crippen LogP contribution < -0.4 is 11.5 Å². The van der Waals surface area contributed by atoms with Gasteiger partial charge in [0.2, 0.25) is 50.1 Å². The van der Waals surface area contributed by atoms with Crippen molar-refractivity contribution in [3.8, 4) is 0 Å². The van der Waals surface area contributed by atoms with Gasteiger partial charge in [-0.25, -0.2) is 75.4 Å². The quantitative estimate of drug-likeness (QED) is 0.0237. The van der Waals surface area contributed by atoms with Crippen LogP contribution in [0.15, 0.2) is 371 Å². The lowest BCUT2D eigenvalue weighted by Crippen LogP contribution is -2.57. The number of benzene rings is 8. The van der Waals surface area contributed by atoms with Crippen LogP contribution in [0, 0.1) is 17.8 Å². The lowest BCUT2D eigenvalue weighted by Gasteiger charge is -2.37. The third kappa shape index (κ3) is 25.3. The number of hydrogen-bond acceptors (Lipinski definition) is 27. The average Bonchev–Trinajstić information content (AvgIpc) is 0.924. The molecule has 0 aliphatic carbocycles. The molecule has 9 aromatic heterocycles. The third-order valence-corrected chi connectivity index (χ3v) is 35.6. The fourth-order valence-electron chi connectivity index (χ4n) is 16.0. The third-order valence-electron chi connectivity index (χ3n) is 23.7.